The maximum absolute atomic E-state index is 13.1. The summed E-state index contributed by atoms with van der Waals surface area (Å²) in [6.07, 6.45) is 1.54. The molecule has 1 aliphatic heterocycles. The number of carbonyl (C=O) groups excluding carboxylic acids is 2. The van der Waals surface area contributed by atoms with Crippen LogP contribution >= 0.6 is 27.5 Å². The van der Waals surface area contributed by atoms with Crippen molar-refractivity contribution in [2.24, 2.45) is 0 Å². The maximum atomic E-state index is 13.1. The van der Waals surface area contributed by atoms with Crippen LogP contribution < -0.4 is 9.64 Å². The second-order valence-electron chi connectivity index (χ2n) is 6.76. The molecule has 0 bridgehead atoms. The lowest BCUT2D eigenvalue weighted by molar-refractivity contribution is -0.132. The number of aromatic nitrogens is 1. The number of hydrogen-bond donors (Lipinski definition) is 1. The average molecular weight is 500 g/mol. The Morgan fingerprint density at radius 2 is 1.94 bits per heavy atom. The summed E-state index contributed by atoms with van der Waals surface area (Å²) >= 11 is 9.64. The minimum atomic E-state index is -0.867. The molecule has 8 heteroatoms. The van der Waals surface area contributed by atoms with Crippen molar-refractivity contribution in [2.45, 2.75) is 6.04 Å². The number of carbonyl (C=O) groups is 2. The molecule has 156 valence electrons. The SMILES string of the molecule is COc1ccc(C(O)=C2C(=O)C(=O)N(c3ccccn3)[C@H]2c2cccc(Br)c2)cc1Cl. The zero-order valence-electron chi connectivity index (χ0n) is 16.3. The largest absolute Gasteiger partial charge is 0.507 e. The third kappa shape index (κ3) is 3.82. The zero-order chi connectivity index (χ0) is 22.1. The number of anilines is 1. The highest BCUT2D eigenvalue weighted by Gasteiger charge is 2.47. The Bertz CT molecular complexity index is 1210. The molecule has 1 aromatic heterocycles. The van der Waals surface area contributed by atoms with E-state index in [0.29, 0.717) is 22.7 Å². The number of halogens is 2. The van der Waals surface area contributed by atoms with E-state index in [0.717, 1.165) is 4.47 Å². The Balaban J connectivity index is 1.94. The van der Waals surface area contributed by atoms with E-state index in [1.807, 2.05) is 6.07 Å². The van der Waals surface area contributed by atoms with Crippen LogP contribution in [0.3, 0.4) is 0 Å². The van der Waals surface area contributed by atoms with Crippen LogP contribution in [-0.2, 0) is 9.59 Å². The highest BCUT2D eigenvalue weighted by atomic mass is 79.9. The molecule has 31 heavy (non-hydrogen) atoms. The van der Waals surface area contributed by atoms with Gasteiger partial charge in [-0.3, -0.25) is 14.5 Å². The molecule has 1 fully saturated rings. The summed E-state index contributed by atoms with van der Waals surface area (Å²) in [4.78, 5) is 31.6. The Labute approximate surface area is 191 Å². The van der Waals surface area contributed by atoms with E-state index in [2.05, 4.69) is 20.9 Å². The molecule has 4 rings (SSSR count). The molecular formula is C23H16BrClN2O4. The average Bonchev–Trinajstić information content (AvgIpc) is 3.04. The number of Topliss-reactive ketones (excluding diaryl/α,β-unsaturated/α-hetero) is 1. The fourth-order valence-electron chi connectivity index (χ4n) is 3.53. The van der Waals surface area contributed by atoms with Gasteiger partial charge in [0.1, 0.15) is 17.3 Å². The van der Waals surface area contributed by atoms with E-state index < -0.39 is 17.7 Å². The summed E-state index contributed by atoms with van der Waals surface area (Å²) in [5.74, 6) is -1.17. The second kappa shape index (κ2) is 8.53. The first-order valence-electron chi connectivity index (χ1n) is 9.23. The first-order chi connectivity index (χ1) is 14.9. The highest BCUT2D eigenvalue weighted by Crippen LogP contribution is 2.42. The number of ether oxygens (including phenoxy) is 1. The fraction of sp³-hybridized carbons (Fsp3) is 0.0870. The molecule has 1 saturated heterocycles. The molecule has 0 aliphatic carbocycles. The lowest BCUT2D eigenvalue weighted by atomic mass is 9.95. The first kappa shape index (κ1) is 21.1. The Kier molecular flexibility index (Phi) is 5.80. The van der Waals surface area contributed by atoms with Crippen LogP contribution in [0.25, 0.3) is 5.76 Å². The normalized spacial score (nSPS) is 17.8. The fourth-order valence-corrected chi connectivity index (χ4v) is 4.20. The third-order valence-corrected chi connectivity index (χ3v) is 5.72. The highest BCUT2D eigenvalue weighted by molar-refractivity contribution is 9.10. The second-order valence-corrected chi connectivity index (χ2v) is 8.08. The summed E-state index contributed by atoms with van der Waals surface area (Å²) in [5, 5.41) is 11.4. The van der Waals surface area contributed by atoms with Crippen LogP contribution in [0.2, 0.25) is 5.02 Å². The van der Waals surface area contributed by atoms with Crippen LogP contribution in [0.5, 0.6) is 5.75 Å². The van der Waals surface area contributed by atoms with E-state index in [-0.39, 0.29) is 16.4 Å². The molecule has 0 unspecified atom stereocenters. The molecule has 0 radical (unpaired) electrons. The zero-order valence-corrected chi connectivity index (χ0v) is 18.6. The summed E-state index contributed by atoms with van der Waals surface area (Å²) in [6, 6.07) is 16.1. The van der Waals surface area contributed by atoms with Gasteiger partial charge in [0.15, 0.2) is 0 Å². The lowest BCUT2D eigenvalue weighted by Crippen LogP contribution is -2.30. The van der Waals surface area contributed by atoms with Crippen molar-refractivity contribution < 1.29 is 19.4 Å². The van der Waals surface area contributed by atoms with Crippen molar-refractivity contribution in [3.63, 3.8) is 0 Å². The van der Waals surface area contributed by atoms with Gasteiger partial charge >= 0.3 is 5.91 Å². The summed E-state index contributed by atoms with van der Waals surface area (Å²) in [5.41, 5.74) is 0.889. The van der Waals surface area contributed by atoms with Crippen LogP contribution in [-0.4, -0.2) is 28.9 Å². The van der Waals surface area contributed by atoms with Gasteiger partial charge < -0.3 is 9.84 Å². The topological polar surface area (TPSA) is 79.7 Å². The number of ketones is 1. The monoisotopic (exact) mass is 498 g/mol. The summed E-state index contributed by atoms with van der Waals surface area (Å²) in [7, 11) is 1.48. The van der Waals surface area contributed by atoms with Gasteiger partial charge in [0.2, 0.25) is 0 Å². The van der Waals surface area contributed by atoms with Crippen molar-refractivity contribution in [3.8, 4) is 5.75 Å². The number of methoxy groups -OCH3 is 1. The molecule has 6 nitrogen and oxygen atoms in total. The van der Waals surface area contributed by atoms with Crippen LogP contribution in [0.15, 0.2) is 76.9 Å². The molecule has 0 spiro atoms. The number of amides is 1. The number of benzene rings is 2. The van der Waals surface area contributed by atoms with Crippen molar-refractivity contribution in [3.05, 3.63) is 93.1 Å². The minimum absolute atomic E-state index is 0.0463. The van der Waals surface area contributed by atoms with Crippen LogP contribution in [0, 0.1) is 0 Å². The van der Waals surface area contributed by atoms with Crippen molar-refractivity contribution in [1.82, 2.24) is 4.98 Å². The first-order valence-corrected chi connectivity index (χ1v) is 10.4. The van der Waals surface area contributed by atoms with E-state index in [9.17, 15) is 14.7 Å². The molecule has 2 heterocycles. The maximum Gasteiger partial charge on any atom is 0.301 e. The van der Waals surface area contributed by atoms with Gasteiger partial charge in [-0.2, -0.15) is 0 Å². The number of nitrogens with zero attached hydrogens (tertiary/aromatic N) is 2. The Morgan fingerprint density at radius 1 is 1.13 bits per heavy atom. The molecule has 1 amide bonds. The summed E-state index contributed by atoms with van der Waals surface area (Å²) < 4.78 is 5.92. The van der Waals surface area contributed by atoms with E-state index in [4.69, 9.17) is 16.3 Å². The molecule has 0 saturated carbocycles. The van der Waals surface area contributed by atoms with Gasteiger partial charge in [0, 0.05) is 16.2 Å². The van der Waals surface area contributed by atoms with E-state index in [1.165, 1.54) is 24.3 Å². The smallest absolute Gasteiger partial charge is 0.301 e. The van der Waals surface area contributed by atoms with Crippen molar-refractivity contribution in [2.75, 3.05) is 12.0 Å². The van der Waals surface area contributed by atoms with Gasteiger partial charge in [-0.25, -0.2) is 4.98 Å². The summed E-state index contributed by atoms with van der Waals surface area (Å²) in [6.45, 7) is 0. The van der Waals surface area contributed by atoms with E-state index in [1.54, 1.807) is 48.5 Å². The lowest BCUT2D eigenvalue weighted by Gasteiger charge is -2.24. The predicted molar refractivity (Wildman–Crippen MR) is 121 cm³/mol. The Hall–Kier alpha value is -3.16. The van der Waals surface area contributed by atoms with Crippen molar-refractivity contribution in [1.29, 1.82) is 0 Å². The van der Waals surface area contributed by atoms with Crippen LogP contribution in [0.1, 0.15) is 17.2 Å². The number of hydrogen-bond acceptors (Lipinski definition) is 5. The van der Waals surface area contributed by atoms with Gasteiger partial charge in [0.05, 0.1) is 23.7 Å². The van der Waals surface area contributed by atoms with Gasteiger partial charge in [0.25, 0.3) is 5.78 Å². The van der Waals surface area contributed by atoms with Crippen molar-refractivity contribution >= 4 is 50.8 Å². The number of pyridine rings is 1. The van der Waals surface area contributed by atoms with Crippen LogP contribution in [0.4, 0.5) is 5.82 Å². The van der Waals surface area contributed by atoms with Gasteiger partial charge in [-0.05, 0) is 48.0 Å². The van der Waals surface area contributed by atoms with Gasteiger partial charge in [-0.1, -0.05) is 45.7 Å². The molecule has 1 atom stereocenters. The van der Waals surface area contributed by atoms with Gasteiger partial charge in [-0.15, -0.1) is 0 Å². The molecule has 2 aromatic carbocycles. The molecule has 3 aromatic rings. The Morgan fingerprint density at radius 3 is 2.58 bits per heavy atom. The number of aliphatic hydroxyl groups excluding tert-OH is 1. The minimum Gasteiger partial charge on any atom is -0.507 e. The molecule has 1 N–H and O–H groups in total. The number of aliphatic hydroxyl groups is 1. The standard InChI is InChI=1S/C23H16BrClN2O4/c1-31-17-9-8-14(12-16(17)25)21(28)19-20(13-5-4-6-15(24)11-13)27(23(30)22(19)29)18-7-2-3-10-26-18/h2-12,20,28H,1H3/t20-/m0/s1. The molecular weight excluding hydrogens is 484 g/mol. The number of rotatable bonds is 4. The predicted octanol–water partition coefficient (Wildman–Crippen LogP) is 5.13. The third-order valence-electron chi connectivity index (χ3n) is 4.93. The quantitative estimate of drug-likeness (QED) is 0.306. The van der Waals surface area contributed by atoms with E-state index >= 15 is 0 Å². The molecule has 1 aliphatic rings.